The number of thiazole rings is 2. The second kappa shape index (κ2) is 27.6. The number of halogens is 4. The maximum atomic E-state index is 15.5. The molecular weight excluding hydrogens is 1230 g/mol. The van der Waals surface area contributed by atoms with Crippen LogP contribution in [0.3, 0.4) is 0 Å². The molecule has 2 N–H and O–H groups in total. The molecule has 0 aliphatic carbocycles. The molecule has 4 atom stereocenters. The van der Waals surface area contributed by atoms with Crippen LogP contribution in [0, 0.1) is 58.8 Å². The Balaban J connectivity index is 0.000000168. The normalized spacial score (nSPS) is 17.4. The second-order valence-corrected chi connectivity index (χ2v) is 24.5. The van der Waals surface area contributed by atoms with Gasteiger partial charge in [0.15, 0.2) is 0 Å². The van der Waals surface area contributed by atoms with Crippen LogP contribution in [-0.2, 0) is 58.1 Å². The Bertz CT molecular complexity index is 4260. The Kier molecular flexibility index (Phi) is 18.4. The van der Waals surface area contributed by atoms with Crippen LogP contribution < -0.4 is 9.47 Å². The quantitative estimate of drug-likeness (QED) is 0.0603. The fraction of sp³-hybridized carbons (Fsp3) is 0.294. The topological polar surface area (TPSA) is 217 Å². The van der Waals surface area contributed by atoms with Crippen molar-refractivity contribution >= 4 is 56.7 Å². The molecule has 4 aromatic carbocycles. The van der Waals surface area contributed by atoms with E-state index in [-0.39, 0.29) is 107 Å². The molecule has 4 aliphatic rings. The lowest BCUT2D eigenvalue weighted by Crippen LogP contribution is -2.31. The van der Waals surface area contributed by atoms with Crippen LogP contribution in [-0.4, -0.2) is 113 Å². The maximum Gasteiger partial charge on any atom is 0.335 e. The van der Waals surface area contributed by atoms with Crippen molar-refractivity contribution in [3.63, 3.8) is 0 Å². The highest BCUT2D eigenvalue weighted by Gasteiger charge is 2.27. The third kappa shape index (κ3) is 14.4. The van der Waals surface area contributed by atoms with Gasteiger partial charge in [-0.1, -0.05) is 35.8 Å². The minimum absolute atomic E-state index is 0.00195. The van der Waals surface area contributed by atoms with Crippen LogP contribution in [0.5, 0.6) is 11.8 Å². The lowest BCUT2D eigenvalue weighted by Gasteiger charge is -2.27. The minimum Gasteiger partial charge on any atom is -0.478 e. The number of carbonyl (C=O) groups is 2. The molecule has 18 nitrogen and oxygen atoms in total. The number of hydrogen-bond acceptors (Lipinski definition) is 16. The Hall–Kier alpha value is -9.40. The number of hydrogen-bond donors (Lipinski definition) is 2. The molecule has 0 spiro atoms. The van der Waals surface area contributed by atoms with Crippen molar-refractivity contribution in [1.29, 1.82) is 0 Å². The molecule has 4 fully saturated rings. The number of ether oxygens (including phenoxy) is 6. The zero-order valence-electron chi connectivity index (χ0n) is 49.1. The number of fused-ring (bicyclic) bond motifs is 2. The number of nitrogens with zero attached hydrogens (tertiary/aromatic N) is 8. The number of benzene rings is 4. The molecule has 24 heteroatoms. The van der Waals surface area contributed by atoms with Crippen LogP contribution in [0.25, 0.3) is 44.6 Å². The second-order valence-electron chi connectivity index (χ2n) is 22.3. The summed E-state index contributed by atoms with van der Waals surface area (Å²) in [5.41, 5.74) is 3.24. The molecule has 10 aromatic rings. The Morgan fingerprint density at radius 1 is 0.554 bits per heavy atom. The van der Waals surface area contributed by atoms with E-state index in [2.05, 4.69) is 53.6 Å². The van der Waals surface area contributed by atoms with Crippen LogP contribution in [0.4, 0.5) is 17.6 Å². The average molecular weight is 1290 g/mol. The van der Waals surface area contributed by atoms with E-state index in [0.29, 0.717) is 73.2 Å². The predicted octanol–water partition coefficient (Wildman–Crippen LogP) is 11.8. The maximum absolute atomic E-state index is 15.5. The van der Waals surface area contributed by atoms with Crippen molar-refractivity contribution in [2.24, 2.45) is 11.8 Å². The van der Waals surface area contributed by atoms with Crippen molar-refractivity contribution in [3.8, 4) is 58.0 Å². The molecule has 4 aliphatic heterocycles. The first-order valence-corrected chi connectivity index (χ1v) is 31.3. The molecule has 0 bridgehead atoms. The van der Waals surface area contributed by atoms with E-state index in [1.807, 2.05) is 9.13 Å². The first-order chi connectivity index (χ1) is 44.8. The van der Waals surface area contributed by atoms with Gasteiger partial charge < -0.3 is 47.8 Å². The van der Waals surface area contributed by atoms with Gasteiger partial charge >= 0.3 is 11.9 Å². The summed E-state index contributed by atoms with van der Waals surface area (Å²) in [5.74, 6) is 10.0. The van der Waals surface area contributed by atoms with Gasteiger partial charge in [0.1, 0.15) is 58.1 Å². The van der Waals surface area contributed by atoms with E-state index in [1.165, 1.54) is 34.8 Å². The van der Waals surface area contributed by atoms with Gasteiger partial charge in [-0.05, 0) is 110 Å². The molecule has 2 unspecified atom stereocenters. The number of aromatic nitrogens is 8. The molecule has 92 heavy (non-hydrogen) atoms. The summed E-state index contributed by atoms with van der Waals surface area (Å²) in [5, 5.41) is 20.4. The zero-order chi connectivity index (χ0) is 63.2. The predicted molar refractivity (Wildman–Crippen MR) is 331 cm³/mol. The van der Waals surface area contributed by atoms with Gasteiger partial charge in [0.2, 0.25) is 11.8 Å². The molecule has 0 saturated carbocycles. The molecule has 468 valence electrons. The summed E-state index contributed by atoms with van der Waals surface area (Å²) < 4.78 is 99.3. The Morgan fingerprint density at radius 2 is 1.00 bits per heavy atom. The minimum atomic E-state index is -1.06. The van der Waals surface area contributed by atoms with Crippen LogP contribution in [0.2, 0.25) is 0 Å². The summed E-state index contributed by atoms with van der Waals surface area (Å²) in [6.45, 7) is 5.27. The fourth-order valence-corrected chi connectivity index (χ4v) is 12.2. The van der Waals surface area contributed by atoms with Crippen molar-refractivity contribution in [2.75, 3.05) is 39.6 Å². The highest BCUT2D eigenvalue weighted by atomic mass is 32.1. The summed E-state index contributed by atoms with van der Waals surface area (Å²) in [4.78, 5) is 51.7. The average Bonchev–Trinajstić information content (AvgIpc) is 1.61. The lowest BCUT2D eigenvalue weighted by molar-refractivity contribution is -0.0591. The summed E-state index contributed by atoms with van der Waals surface area (Å²) >= 11 is 2.85. The largest absolute Gasteiger partial charge is 0.478 e. The van der Waals surface area contributed by atoms with Gasteiger partial charge in [0.05, 0.1) is 105 Å². The van der Waals surface area contributed by atoms with Gasteiger partial charge in [0, 0.05) is 74.4 Å². The number of pyridine rings is 2. The first kappa shape index (κ1) is 61.5. The number of imidazole rings is 2. The zero-order valence-corrected chi connectivity index (χ0v) is 50.7. The monoisotopic (exact) mass is 1280 g/mol. The van der Waals surface area contributed by atoms with Gasteiger partial charge in [-0.15, -0.1) is 22.7 Å². The van der Waals surface area contributed by atoms with E-state index < -0.39 is 35.2 Å². The molecule has 6 aromatic heterocycles. The number of carboxylic acid groups (broad SMARTS) is 2. The van der Waals surface area contributed by atoms with Crippen LogP contribution in [0.1, 0.15) is 88.9 Å². The SMILES string of the molecule is O=C(O)c1ccc2nc(Cc3cc(F)c(-c4cccc(OCc5ncc(C#CC6CCOC6)s5)n4)cc3F)n(C[C@@H]3CCO3)c2c1.O=C(O)c1ccc2nc(Cc3cc(F)c(-c4cccc(OCc5ncc(C#CC6CCOC6)s5)n4)cc3F)n(C[C@@H]3CCO3)c2c1. The van der Waals surface area contributed by atoms with Gasteiger partial charge in [-0.2, -0.15) is 0 Å². The number of aromatic carboxylic acids is 2. The first-order valence-electron chi connectivity index (χ1n) is 29.7. The van der Waals surface area contributed by atoms with E-state index in [0.717, 1.165) is 82.9 Å². The Labute approximate surface area is 531 Å². The number of carboxylic acids is 2. The standard InChI is InChI=1S/2C34H28F2N4O5S/c2*35-26-15-25(28-2-1-3-32(39-28)45-19-33-37-16-24(46-33)6-4-20-8-10-43-18-20)27(36)12-22(26)14-31-38-29-7-5-21(34(41)42)13-30(29)40(31)17-23-9-11-44-23/h2*1-3,5,7,12-13,15-16,20,23H,8-11,14,17-19H2,(H,41,42)/t2*20?,23-/m00/s1. The van der Waals surface area contributed by atoms with Crippen molar-refractivity contribution in [2.45, 2.75) is 77.0 Å². The molecule has 0 amide bonds. The van der Waals surface area contributed by atoms with Crippen molar-refractivity contribution < 1.29 is 65.8 Å². The van der Waals surface area contributed by atoms with Crippen LogP contribution in [0.15, 0.2) is 109 Å². The molecule has 0 radical (unpaired) electrons. The molecule has 4 saturated heterocycles. The summed E-state index contributed by atoms with van der Waals surface area (Å²) in [6, 6.07) is 23.6. The van der Waals surface area contributed by atoms with Gasteiger partial charge in [0.25, 0.3) is 0 Å². The highest BCUT2D eigenvalue weighted by Crippen LogP contribution is 2.33. The van der Waals surface area contributed by atoms with Crippen molar-refractivity contribution in [3.05, 3.63) is 186 Å². The van der Waals surface area contributed by atoms with E-state index >= 15 is 17.6 Å². The van der Waals surface area contributed by atoms with E-state index in [1.54, 1.807) is 73.1 Å². The van der Waals surface area contributed by atoms with E-state index in [9.17, 15) is 19.8 Å². The third-order valence-electron chi connectivity index (χ3n) is 15.9. The van der Waals surface area contributed by atoms with Crippen molar-refractivity contribution in [1.82, 2.24) is 39.0 Å². The summed E-state index contributed by atoms with van der Waals surface area (Å²) in [7, 11) is 0. The van der Waals surface area contributed by atoms with Crippen LogP contribution >= 0.6 is 22.7 Å². The molecular formula is C68H56F4N8O10S2. The Morgan fingerprint density at radius 3 is 1.39 bits per heavy atom. The van der Waals surface area contributed by atoms with Gasteiger partial charge in [-0.3, -0.25) is 0 Å². The van der Waals surface area contributed by atoms with E-state index in [4.69, 9.17) is 28.4 Å². The molecule has 14 rings (SSSR count). The fourth-order valence-electron chi connectivity index (χ4n) is 10.8. The van der Waals surface area contributed by atoms with Gasteiger partial charge in [-0.25, -0.2) is 57.1 Å². The third-order valence-corrected chi connectivity index (χ3v) is 17.7. The summed E-state index contributed by atoms with van der Waals surface area (Å²) in [6.07, 6.45) is 6.87. The number of rotatable bonds is 18. The highest BCUT2D eigenvalue weighted by molar-refractivity contribution is 7.12. The molecule has 10 heterocycles. The smallest absolute Gasteiger partial charge is 0.335 e. The lowest BCUT2D eigenvalue weighted by atomic mass is 10.0.